The van der Waals surface area contributed by atoms with Crippen LogP contribution >= 0.6 is 28.6 Å². The van der Waals surface area contributed by atoms with Gasteiger partial charge in [-0.25, -0.2) is 4.57 Å². The first-order chi connectivity index (χ1) is 7.04. The van der Waals surface area contributed by atoms with Gasteiger partial charge in [-0.2, -0.15) is 0 Å². The number of fused-ring (bicyclic) bond motifs is 1. The molecule has 0 saturated carbocycles. The summed E-state index contributed by atoms with van der Waals surface area (Å²) < 4.78 is 15.9. The minimum absolute atomic E-state index is 0.365. The van der Waals surface area contributed by atoms with Gasteiger partial charge in [0, 0.05) is 34.1 Å². The summed E-state index contributed by atoms with van der Waals surface area (Å²) in [5.74, 6) is 0.365. The summed E-state index contributed by atoms with van der Waals surface area (Å²) in [6, 6.07) is 8.70. The maximum atomic E-state index is 11.0. The number of halogens is 2. The summed E-state index contributed by atoms with van der Waals surface area (Å²) in [4.78, 5) is 4.13. The van der Waals surface area contributed by atoms with Gasteiger partial charge in [0.25, 0.3) is 0 Å². The molecule has 0 spiro atoms. The van der Waals surface area contributed by atoms with E-state index in [0.29, 0.717) is 5.75 Å². The van der Waals surface area contributed by atoms with Crippen molar-refractivity contribution in [1.82, 2.24) is 4.98 Å². The van der Waals surface area contributed by atoms with Gasteiger partial charge in [-0.15, -0.1) is 0 Å². The zero-order valence-corrected chi connectivity index (χ0v) is 9.84. The molecule has 2 rings (SSSR count). The molecular weight excluding hydrogens is 256 g/mol. The molecule has 6 heteroatoms. The summed E-state index contributed by atoms with van der Waals surface area (Å²) in [5, 5.41) is 0.872. The van der Waals surface area contributed by atoms with Gasteiger partial charge >= 0.3 is 6.07 Å². The van der Waals surface area contributed by atoms with Crippen molar-refractivity contribution in [3.63, 3.8) is 0 Å². The first-order valence-electron chi connectivity index (χ1n) is 4.08. The second-order valence-electron chi connectivity index (χ2n) is 2.86. The zero-order valence-electron chi connectivity index (χ0n) is 7.43. The van der Waals surface area contributed by atoms with Crippen molar-refractivity contribution in [2.45, 2.75) is 0 Å². The van der Waals surface area contributed by atoms with Gasteiger partial charge in [0.2, 0.25) is 0 Å². The molecule has 3 nitrogen and oxygen atoms in total. The topological polar surface area (TPSA) is 39.2 Å². The Kier molecular flexibility index (Phi) is 2.87. The van der Waals surface area contributed by atoms with E-state index in [1.54, 1.807) is 30.5 Å². The number of aromatic nitrogens is 1. The lowest BCUT2D eigenvalue weighted by Gasteiger charge is -2.06. The van der Waals surface area contributed by atoms with Gasteiger partial charge in [0.1, 0.15) is 5.75 Å². The summed E-state index contributed by atoms with van der Waals surface area (Å²) in [7, 11) is 0. The predicted molar refractivity (Wildman–Crippen MR) is 61.7 cm³/mol. The fraction of sp³-hybridized carbons (Fsp3) is 0. The molecule has 1 aromatic heterocycles. The lowest BCUT2D eigenvalue weighted by molar-refractivity contribution is 0.513. The molecule has 0 radical (unpaired) electrons. The Morgan fingerprint density at radius 3 is 2.80 bits per heavy atom. The second-order valence-corrected chi connectivity index (χ2v) is 7.06. The van der Waals surface area contributed by atoms with Crippen LogP contribution in [0, 0.1) is 0 Å². The van der Waals surface area contributed by atoms with Crippen LogP contribution < -0.4 is 4.52 Å². The Balaban J connectivity index is 2.43. The molecule has 15 heavy (non-hydrogen) atoms. The van der Waals surface area contributed by atoms with Crippen molar-refractivity contribution >= 4 is 39.5 Å². The highest BCUT2D eigenvalue weighted by molar-refractivity contribution is 8.05. The van der Waals surface area contributed by atoms with Crippen LogP contribution in [-0.4, -0.2) is 4.98 Å². The largest absolute Gasteiger partial charge is 0.428 e. The number of rotatable bonds is 2. The average molecular weight is 262 g/mol. The van der Waals surface area contributed by atoms with Crippen LogP contribution in [0.1, 0.15) is 0 Å². The summed E-state index contributed by atoms with van der Waals surface area (Å²) in [5.41, 5.74) is 0.823. The molecule has 0 fully saturated rings. The van der Waals surface area contributed by atoms with E-state index in [-0.39, 0.29) is 0 Å². The van der Waals surface area contributed by atoms with E-state index < -0.39 is 6.07 Å². The van der Waals surface area contributed by atoms with Crippen LogP contribution in [0.2, 0.25) is 0 Å². The normalized spacial score (nSPS) is 11.6. The fourth-order valence-electron chi connectivity index (χ4n) is 1.23. The molecule has 0 N–H and O–H groups in total. The standard InChI is InChI=1S/C9H6Cl2NO2P/c10-15(11,13)14-8-3-4-9-7(6-8)2-1-5-12-9/h1-6H. The first kappa shape index (κ1) is 10.7. The zero-order chi connectivity index (χ0) is 10.9. The van der Waals surface area contributed by atoms with Crippen LogP contribution in [-0.2, 0) is 4.57 Å². The smallest absolute Gasteiger partial charge is 0.422 e. The molecule has 78 valence electrons. The molecule has 1 aromatic carbocycles. The van der Waals surface area contributed by atoms with E-state index >= 15 is 0 Å². The number of nitrogens with zero attached hydrogens (tertiary/aromatic N) is 1. The third kappa shape index (κ3) is 2.85. The van der Waals surface area contributed by atoms with Gasteiger partial charge < -0.3 is 4.52 Å². The van der Waals surface area contributed by atoms with Crippen LogP contribution in [0.3, 0.4) is 0 Å². The van der Waals surface area contributed by atoms with E-state index in [4.69, 9.17) is 27.0 Å². The molecule has 0 aliphatic heterocycles. The Morgan fingerprint density at radius 1 is 1.27 bits per heavy atom. The summed E-state index contributed by atoms with van der Waals surface area (Å²) in [6.45, 7) is 0. The number of pyridine rings is 1. The minimum atomic E-state index is -3.54. The maximum absolute atomic E-state index is 11.0. The van der Waals surface area contributed by atoms with Crippen LogP contribution in [0.25, 0.3) is 10.9 Å². The minimum Gasteiger partial charge on any atom is -0.422 e. The number of benzene rings is 1. The lowest BCUT2D eigenvalue weighted by Crippen LogP contribution is -1.83. The molecule has 0 atom stereocenters. The van der Waals surface area contributed by atoms with Crippen LogP contribution in [0.5, 0.6) is 5.75 Å². The molecule has 1 heterocycles. The highest BCUT2D eigenvalue weighted by Crippen LogP contribution is 2.57. The fourth-order valence-corrected chi connectivity index (χ4v) is 2.07. The Hall–Kier alpha value is -0.760. The van der Waals surface area contributed by atoms with Gasteiger partial charge in [0.15, 0.2) is 0 Å². The Bertz CT molecular complexity index is 540. The van der Waals surface area contributed by atoms with E-state index in [1.807, 2.05) is 6.07 Å². The number of hydrogen-bond acceptors (Lipinski definition) is 3. The predicted octanol–water partition coefficient (Wildman–Crippen LogP) is 4.20. The lowest BCUT2D eigenvalue weighted by atomic mass is 10.2. The van der Waals surface area contributed by atoms with Gasteiger partial charge in [-0.05, 0) is 24.3 Å². The van der Waals surface area contributed by atoms with Crippen molar-refractivity contribution in [2.75, 3.05) is 0 Å². The van der Waals surface area contributed by atoms with E-state index in [2.05, 4.69) is 4.98 Å². The highest BCUT2D eigenvalue weighted by atomic mass is 35.9. The third-order valence-corrected chi connectivity index (χ3v) is 2.62. The first-order valence-corrected chi connectivity index (χ1v) is 7.52. The molecule has 0 aliphatic carbocycles. The molecule has 0 saturated heterocycles. The van der Waals surface area contributed by atoms with Gasteiger partial charge in [-0.1, -0.05) is 6.07 Å². The van der Waals surface area contributed by atoms with E-state index in [0.717, 1.165) is 10.9 Å². The molecule has 0 bridgehead atoms. The van der Waals surface area contributed by atoms with Crippen LogP contribution in [0.4, 0.5) is 0 Å². The third-order valence-electron chi connectivity index (χ3n) is 1.79. The van der Waals surface area contributed by atoms with Crippen molar-refractivity contribution in [3.05, 3.63) is 36.5 Å². The van der Waals surface area contributed by atoms with Crippen molar-refractivity contribution in [2.24, 2.45) is 0 Å². The van der Waals surface area contributed by atoms with Gasteiger partial charge in [0.05, 0.1) is 5.52 Å². The van der Waals surface area contributed by atoms with Crippen LogP contribution in [0.15, 0.2) is 36.5 Å². The summed E-state index contributed by atoms with van der Waals surface area (Å²) >= 11 is 10.6. The van der Waals surface area contributed by atoms with Crippen molar-refractivity contribution < 1.29 is 9.09 Å². The average Bonchev–Trinajstić information content (AvgIpc) is 2.15. The second kappa shape index (κ2) is 4.01. The molecule has 0 amide bonds. The Labute approximate surface area is 96.0 Å². The highest BCUT2D eigenvalue weighted by Gasteiger charge is 2.15. The molecule has 0 aliphatic rings. The van der Waals surface area contributed by atoms with E-state index in [1.165, 1.54) is 0 Å². The quantitative estimate of drug-likeness (QED) is 0.761. The maximum Gasteiger partial charge on any atom is 0.428 e. The van der Waals surface area contributed by atoms with Crippen molar-refractivity contribution in [1.29, 1.82) is 0 Å². The molecular formula is C9H6Cl2NO2P. The number of hydrogen-bond donors (Lipinski definition) is 0. The molecule has 2 aromatic rings. The summed E-state index contributed by atoms with van der Waals surface area (Å²) in [6.07, 6.45) is -1.85. The van der Waals surface area contributed by atoms with Gasteiger partial charge in [-0.3, -0.25) is 4.98 Å². The SMILES string of the molecule is O=P(Cl)(Cl)Oc1ccc2ncccc2c1. The monoisotopic (exact) mass is 261 g/mol. The van der Waals surface area contributed by atoms with E-state index in [9.17, 15) is 4.57 Å². The Morgan fingerprint density at radius 2 is 2.07 bits per heavy atom. The van der Waals surface area contributed by atoms with Crippen molar-refractivity contribution in [3.8, 4) is 5.75 Å². The molecule has 0 unspecified atom stereocenters.